The summed E-state index contributed by atoms with van der Waals surface area (Å²) in [5, 5.41) is 21.1. The smallest absolute Gasteiger partial charge is 0.243 e. The summed E-state index contributed by atoms with van der Waals surface area (Å²) in [6.45, 7) is 8.14. The molecule has 4 aromatic heterocycles. The summed E-state index contributed by atoms with van der Waals surface area (Å²) < 4.78 is 3.98. The average molecular weight is 421 g/mol. The second-order valence-electron chi connectivity index (χ2n) is 8.97. The maximum atomic E-state index is 9.98. The van der Waals surface area contributed by atoms with Gasteiger partial charge in [0.25, 0.3) is 0 Å². The molecule has 1 aliphatic carbocycles. The highest BCUT2D eigenvalue weighted by atomic mass is 16.3. The molecule has 0 radical (unpaired) electrons. The Morgan fingerprint density at radius 3 is 2.61 bits per heavy atom. The van der Waals surface area contributed by atoms with Crippen LogP contribution < -0.4 is 10.6 Å². The normalized spacial score (nSPS) is 21.1. The van der Waals surface area contributed by atoms with Crippen molar-refractivity contribution in [1.82, 2.24) is 29.1 Å². The molecule has 1 saturated carbocycles. The van der Waals surface area contributed by atoms with Crippen LogP contribution in [0.25, 0.3) is 27.9 Å². The lowest BCUT2D eigenvalue weighted by Crippen LogP contribution is -2.48. The van der Waals surface area contributed by atoms with Crippen LogP contribution in [0.3, 0.4) is 0 Å². The number of nitrogens with one attached hydrogen (secondary N) is 2. The Morgan fingerprint density at radius 1 is 1.16 bits per heavy atom. The molecule has 0 spiro atoms. The molecule has 9 nitrogen and oxygen atoms in total. The Kier molecular flexibility index (Phi) is 4.40. The van der Waals surface area contributed by atoms with Crippen LogP contribution in [0.1, 0.15) is 45.5 Å². The number of pyridine rings is 1. The van der Waals surface area contributed by atoms with Crippen LogP contribution in [0.5, 0.6) is 0 Å². The number of hydrogen-bond donors (Lipinski definition) is 3. The van der Waals surface area contributed by atoms with Crippen molar-refractivity contribution in [3.05, 3.63) is 30.2 Å². The zero-order chi connectivity index (χ0) is 21.9. The second kappa shape index (κ2) is 6.91. The zero-order valence-corrected chi connectivity index (χ0v) is 18.5. The molecule has 9 heteroatoms. The fourth-order valence-corrected chi connectivity index (χ4v) is 4.61. The summed E-state index contributed by atoms with van der Waals surface area (Å²) in [4.78, 5) is 14.3. The van der Waals surface area contributed by atoms with Gasteiger partial charge in [0.1, 0.15) is 16.9 Å². The predicted octanol–water partition coefficient (Wildman–Crippen LogP) is 3.40. The van der Waals surface area contributed by atoms with Gasteiger partial charge < -0.3 is 20.3 Å². The topological polar surface area (TPSA) is 105 Å². The van der Waals surface area contributed by atoms with E-state index in [1.54, 1.807) is 0 Å². The van der Waals surface area contributed by atoms with Gasteiger partial charge in [-0.25, -0.2) is 14.5 Å². The van der Waals surface area contributed by atoms with Crippen molar-refractivity contribution in [2.24, 2.45) is 0 Å². The van der Waals surface area contributed by atoms with Gasteiger partial charge in [-0.1, -0.05) is 0 Å². The van der Waals surface area contributed by atoms with Crippen LogP contribution in [0, 0.1) is 6.92 Å². The van der Waals surface area contributed by atoms with Crippen LogP contribution in [0.15, 0.2) is 24.4 Å². The largest absolute Gasteiger partial charge is 0.390 e. The maximum absolute atomic E-state index is 9.98. The van der Waals surface area contributed by atoms with Crippen molar-refractivity contribution in [1.29, 1.82) is 0 Å². The van der Waals surface area contributed by atoms with Crippen molar-refractivity contribution in [2.45, 2.75) is 58.2 Å². The van der Waals surface area contributed by atoms with Gasteiger partial charge in [0.05, 0.1) is 11.3 Å². The lowest BCUT2D eigenvalue weighted by atomic mass is 9.77. The molecule has 4 aromatic rings. The van der Waals surface area contributed by atoms with Crippen molar-refractivity contribution in [3.8, 4) is 11.3 Å². The molecular formula is C22H28N8O. The second-order valence-corrected chi connectivity index (χ2v) is 8.97. The van der Waals surface area contributed by atoms with Gasteiger partial charge in [0.15, 0.2) is 11.5 Å². The SMILES string of the molecule is CNc1nc(NC2CC(C)(O)C2)nn2ccc(-c3ccc4nc(C)n(C(C)C)c4n3)c12. The first kappa shape index (κ1) is 19.7. The molecule has 1 fully saturated rings. The third-order valence-electron chi connectivity index (χ3n) is 5.96. The highest BCUT2D eigenvalue weighted by Crippen LogP contribution is 2.34. The van der Waals surface area contributed by atoms with Gasteiger partial charge in [-0.2, -0.15) is 4.98 Å². The zero-order valence-electron chi connectivity index (χ0n) is 18.5. The minimum atomic E-state index is -0.598. The van der Waals surface area contributed by atoms with Gasteiger partial charge in [-0.15, -0.1) is 5.10 Å². The molecule has 0 amide bonds. The van der Waals surface area contributed by atoms with E-state index in [-0.39, 0.29) is 12.1 Å². The van der Waals surface area contributed by atoms with Crippen molar-refractivity contribution < 1.29 is 5.11 Å². The highest BCUT2D eigenvalue weighted by molar-refractivity contribution is 5.89. The van der Waals surface area contributed by atoms with Crippen molar-refractivity contribution in [2.75, 3.05) is 17.7 Å². The van der Waals surface area contributed by atoms with E-state index in [0.717, 1.165) is 39.6 Å². The Hall–Kier alpha value is -3.20. The van der Waals surface area contributed by atoms with E-state index >= 15 is 0 Å². The number of aliphatic hydroxyl groups is 1. The number of imidazole rings is 1. The van der Waals surface area contributed by atoms with Gasteiger partial charge in [-0.05, 0) is 58.7 Å². The molecule has 0 aliphatic heterocycles. The van der Waals surface area contributed by atoms with Crippen LogP contribution >= 0.6 is 0 Å². The molecule has 0 bridgehead atoms. The Morgan fingerprint density at radius 2 is 1.94 bits per heavy atom. The molecule has 0 unspecified atom stereocenters. The van der Waals surface area contributed by atoms with E-state index in [1.165, 1.54) is 0 Å². The Bertz CT molecular complexity index is 1280. The monoisotopic (exact) mass is 420 g/mol. The molecule has 4 heterocycles. The van der Waals surface area contributed by atoms with Gasteiger partial charge >= 0.3 is 0 Å². The predicted molar refractivity (Wildman–Crippen MR) is 121 cm³/mol. The highest BCUT2D eigenvalue weighted by Gasteiger charge is 2.38. The molecule has 0 atom stereocenters. The third kappa shape index (κ3) is 3.29. The Balaban J connectivity index is 1.57. The molecule has 0 aromatic carbocycles. The van der Waals surface area contributed by atoms with Crippen LogP contribution in [0.2, 0.25) is 0 Å². The minimum absolute atomic E-state index is 0.177. The standard InChI is InChI=1S/C22H28N8O/c1-12(2)30-13(3)24-17-7-6-16(26-20(17)30)15-8-9-29-18(15)19(23-5)27-21(28-29)25-14-10-22(4,31)11-14/h6-9,12,14,31H,10-11H2,1-5H3,(H2,23,25,27,28). The van der Waals surface area contributed by atoms with E-state index in [0.29, 0.717) is 18.8 Å². The van der Waals surface area contributed by atoms with E-state index < -0.39 is 5.60 Å². The number of aromatic nitrogens is 6. The number of hydrogen-bond acceptors (Lipinski definition) is 7. The van der Waals surface area contributed by atoms with E-state index in [4.69, 9.17) is 4.98 Å². The number of anilines is 2. The maximum Gasteiger partial charge on any atom is 0.243 e. The van der Waals surface area contributed by atoms with E-state index in [2.05, 4.69) is 44.1 Å². The van der Waals surface area contributed by atoms with Gasteiger partial charge in [0.2, 0.25) is 5.95 Å². The third-order valence-corrected chi connectivity index (χ3v) is 5.96. The van der Waals surface area contributed by atoms with E-state index in [1.807, 2.05) is 49.8 Å². The first-order valence-electron chi connectivity index (χ1n) is 10.7. The van der Waals surface area contributed by atoms with Gasteiger partial charge in [0, 0.05) is 30.9 Å². The molecule has 0 saturated heterocycles. The summed E-state index contributed by atoms with van der Waals surface area (Å²) in [7, 11) is 1.85. The average Bonchev–Trinajstić information content (AvgIpc) is 3.25. The van der Waals surface area contributed by atoms with Crippen LogP contribution in [-0.2, 0) is 0 Å². The minimum Gasteiger partial charge on any atom is -0.390 e. The molecule has 162 valence electrons. The number of aryl methyl sites for hydroxylation is 1. The fourth-order valence-electron chi connectivity index (χ4n) is 4.61. The molecule has 3 N–H and O–H groups in total. The van der Waals surface area contributed by atoms with Crippen molar-refractivity contribution in [3.63, 3.8) is 0 Å². The summed E-state index contributed by atoms with van der Waals surface area (Å²) in [6, 6.07) is 6.48. The number of fused-ring (bicyclic) bond motifs is 2. The summed E-state index contributed by atoms with van der Waals surface area (Å²) in [5.74, 6) is 2.22. The number of nitrogens with zero attached hydrogens (tertiary/aromatic N) is 6. The van der Waals surface area contributed by atoms with E-state index in [9.17, 15) is 5.11 Å². The van der Waals surface area contributed by atoms with Crippen LogP contribution in [-0.4, -0.2) is 52.9 Å². The molecule has 5 rings (SSSR count). The molecule has 31 heavy (non-hydrogen) atoms. The number of rotatable bonds is 5. The Labute approximate surface area is 180 Å². The molecular weight excluding hydrogens is 392 g/mol. The summed E-state index contributed by atoms with van der Waals surface area (Å²) in [6.07, 6.45) is 3.30. The summed E-state index contributed by atoms with van der Waals surface area (Å²) in [5.41, 5.74) is 3.86. The van der Waals surface area contributed by atoms with Gasteiger partial charge in [-0.3, -0.25) is 0 Å². The quantitative estimate of drug-likeness (QED) is 0.454. The molecule has 1 aliphatic rings. The first-order valence-corrected chi connectivity index (χ1v) is 10.7. The lowest BCUT2D eigenvalue weighted by Gasteiger charge is -2.41. The summed E-state index contributed by atoms with van der Waals surface area (Å²) >= 11 is 0. The van der Waals surface area contributed by atoms with Crippen molar-refractivity contribution >= 4 is 28.4 Å². The first-order chi connectivity index (χ1) is 14.8. The lowest BCUT2D eigenvalue weighted by molar-refractivity contribution is -0.0236. The van der Waals surface area contributed by atoms with Crippen LogP contribution in [0.4, 0.5) is 11.8 Å². The fraction of sp³-hybridized carbons (Fsp3) is 0.455.